The van der Waals surface area contributed by atoms with Crippen LogP contribution < -0.4 is 10.2 Å². The summed E-state index contributed by atoms with van der Waals surface area (Å²) in [6, 6.07) is 1.96. The largest absolute Gasteiger partial charge is 0.395 e. The van der Waals surface area contributed by atoms with Gasteiger partial charge in [0.25, 0.3) is 0 Å². The number of aliphatic hydroxyl groups excluding tert-OH is 1. The van der Waals surface area contributed by atoms with E-state index in [1.807, 2.05) is 19.9 Å². The van der Waals surface area contributed by atoms with E-state index in [4.69, 9.17) is 5.11 Å². The van der Waals surface area contributed by atoms with Gasteiger partial charge < -0.3 is 15.3 Å². The number of nitrogens with zero attached hydrogens (tertiary/aromatic N) is 3. The van der Waals surface area contributed by atoms with Gasteiger partial charge in [-0.05, 0) is 32.8 Å². The summed E-state index contributed by atoms with van der Waals surface area (Å²) >= 11 is 0. The van der Waals surface area contributed by atoms with E-state index in [0.717, 1.165) is 43.3 Å². The van der Waals surface area contributed by atoms with Crippen LogP contribution in [0.15, 0.2) is 6.07 Å². The number of hydrogen-bond donors (Lipinski definition) is 2. The van der Waals surface area contributed by atoms with Crippen LogP contribution in [0.1, 0.15) is 24.2 Å². The lowest BCUT2D eigenvalue weighted by atomic mass is 9.96. The fraction of sp³-hybridized carbons (Fsp3) is 0.643. The highest BCUT2D eigenvalue weighted by atomic mass is 16.3. The lowest BCUT2D eigenvalue weighted by Crippen LogP contribution is -2.41. The summed E-state index contributed by atoms with van der Waals surface area (Å²) in [5.41, 5.74) is 1.94. The molecule has 0 atom stereocenters. The maximum atomic E-state index is 11.8. The van der Waals surface area contributed by atoms with Gasteiger partial charge in [0.1, 0.15) is 0 Å². The second-order valence-electron chi connectivity index (χ2n) is 5.23. The number of aryl methyl sites for hydroxylation is 2. The van der Waals surface area contributed by atoms with Crippen molar-refractivity contribution in [1.29, 1.82) is 0 Å². The molecular formula is C14H22N4O2. The Balaban J connectivity index is 1.92. The van der Waals surface area contributed by atoms with E-state index in [1.54, 1.807) is 0 Å². The summed E-state index contributed by atoms with van der Waals surface area (Å²) in [5, 5.41) is 11.5. The number of nitrogens with one attached hydrogen (secondary N) is 1. The number of anilines is 1. The van der Waals surface area contributed by atoms with Crippen LogP contribution in [0.4, 0.5) is 5.95 Å². The molecule has 0 unspecified atom stereocenters. The zero-order chi connectivity index (χ0) is 14.5. The van der Waals surface area contributed by atoms with Crippen LogP contribution in [0, 0.1) is 19.8 Å². The van der Waals surface area contributed by atoms with E-state index in [0.29, 0.717) is 6.54 Å². The molecule has 1 amide bonds. The van der Waals surface area contributed by atoms with Gasteiger partial charge in [0, 0.05) is 36.9 Å². The van der Waals surface area contributed by atoms with E-state index in [-0.39, 0.29) is 18.4 Å². The zero-order valence-electron chi connectivity index (χ0n) is 12.1. The van der Waals surface area contributed by atoms with E-state index in [1.165, 1.54) is 0 Å². The van der Waals surface area contributed by atoms with Gasteiger partial charge >= 0.3 is 0 Å². The van der Waals surface area contributed by atoms with Gasteiger partial charge in [0.2, 0.25) is 11.9 Å². The highest BCUT2D eigenvalue weighted by Crippen LogP contribution is 2.21. The third-order valence-electron chi connectivity index (χ3n) is 3.53. The Hall–Kier alpha value is -1.69. The van der Waals surface area contributed by atoms with Crippen LogP contribution in [0.2, 0.25) is 0 Å². The molecule has 2 N–H and O–H groups in total. The average Bonchev–Trinajstić information content (AvgIpc) is 2.44. The molecule has 1 saturated heterocycles. The van der Waals surface area contributed by atoms with E-state index < -0.39 is 0 Å². The quantitative estimate of drug-likeness (QED) is 0.834. The molecule has 6 heteroatoms. The van der Waals surface area contributed by atoms with Crippen molar-refractivity contribution in [1.82, 2.24) is 15.3 Å². The first kappa shape index (κ1) is 14.7. The molecule has 0 saturated carbocycles. The number of amides is 1. The lowest BCUT2D eigenvalue weighted by molar-refractivity contribution is -0.125. The smallest absolute Gasteiger partial charge is 0.225 e. The summed E-state index contributed by atoms with van der Waals surface area (Å²) in [6.07, 6.45) is 1.60. The van der Waals surface area contributed by atoms with Gasteiger partial charge in [0.15, 0.2) is 0 Å². The monoisotopic (exact) mass is 278 g/mol. The van der Waals surface area contributed by atoms with Crippen LogP contribution in [-0.2, 0) is 4.79 Å². The minimum atomic E-state index is -0.0129. The molecule has 1 fully saturated rings. The highest BCUT2D eigenvalue weighted by molar-refractivity contribution is 5.78. The molecule has 0 spiro atoms. The molecular weight excluding hydrogens is 256 g/mol. The second-order valence-corrected chi connectivity index (χ2v) is 5.23. The van der Waals surface area contributed by atoms with Crippen molar-refractivity contribution in [2.24, 2.45) is 5.92 Å². The third kappa shape index (κ3) is 3.66. The first-order valence-electron chi connectivity index (χ1n) is 7.06. The van der Waals surface area contributed by atoms with Crippen LogP contribution in [0.3, 0.4) is 0 Å². The average molecular weight is 278 g/mol. The van der Waals surface area contributed by atoms with Crippen molar-refractivity contribution >= 4 is 11.9 Å². The minimum absolute atomic E-state index is 0.0129. The molecule has 2 rings (SSSR count). The standard InChI is InChI=1S/C14H22N4O2/c1-10-9-11(2)17-14(16-10)18-6-3-12(4-7-18)13(20)15-5-8-19/h9,12,19H,3-8H2,1-2H3,(H,15,20). The number of piperidine rings is 1. The van der Waals surface area contributed by atoms with Crippen molar-refractivity contribution in [3.8, 4) is 0 Å². The van der Waals surface area contributed by atoms with Gasteiger partial charge in [-0.25, -0.2) is 9.97 Å². The van der Waals surface area contributed by atoms with Crippen molar-refractivity contribution in [3.63, 3.8) is 0 Å². The summed E-state index contributed by atoms with van der Waals surface area (Å²) in [5.74, 6) is 0.834. The summed E-state index contributed by atoms with van der Waals surface area (Å²) in [7, 11) is 0. The Bertz CT molecular complexity index is 450. The van der Waals surface area contributed by atoms with Crippen molar-refractivity contribution in [3.05, 3.63) is 17.5 Å². The van der Waals surface area contributed by atoms with E-state index in [9.17, 15) is 4.79 Å². The normalized spacial score (nSPS) is 16.2. The van der Waals surface area contributed by atoms with E-state index in [2.05, 4.69) is 20.2 Å². The van der Waals surface area contributed by atoms with Gasteiger partial charge in [0.05, 0.1) is 6.61 Å². The molecule has 1 aromatic heterocycles. The first-order valence-corrected chi connectivity index (χ1v) is 7.06. The number of hydrogen-bond acceptors (Lipinski definition) is 5. The summed E-state index contributed by atoms with van der Waals surface area (Å²) in [6.45, 7) is 5.83. The third-order valence-corrected chi connectivity index (χ3v) is 3.53. The van der Waals surface area contributed by atoms with Gasteiger partial charge in [-0.1, -0.05) is 0 Å². The second kappa shape index (κ2) is 6.65. The SMILES string of the molecule is Cc1cc(C)nc(N2CCC(C(=O)NCCO)CC2)n1. The van der Waals surface area contributed by atoms with Gasteiger partial charge in [-0.3, -0.25) is 4.79 Å². The number of aromatic nitrogens is 2. The molecule has 1 aliphatic rings. The predicted octanol–water partition coefficient (Wildman–Crippen LogP) is 0.418. The predicted molar refractivity (Wildman–Crippen MR) is 76.5 cm³/mol. The highest BCUT2D eigenvalue weighted by Gasteiger charge is 2.25. The van der Waals surface area contributed by atoms with Gasteiger partial charge in [-0.2, -0.15) is 0 Å². The molecule has 0 bridgehead atoms. The fourth-order valence-corrected chi connectivity index (χ4v) is 2.51. The van der Waals surface area contributed by atoms with Crippen molar-refractivity contribution in [2.45, 2.75) is 26.7 Å². The first-order chi connectivity index (χ1) is 9.60. The maximum Gasteiger partial charge on any atom is 0.225 e. The molecule has 2 heterocycles. The molecule has 1 aromatic rings. The summed E-state index contributed by atoms with van der Waals surface area (Å²) < 4.78 is 0. The summed E-state index contributed by atoms with van der Waals surface area (Å²) in [4.78, 5) is 22.9. The lowest BCUT2D eigenvalue weighted by Gasteiger charge is -2.31. The molecule has 1 aliphatic heterocycles. The Morgan fingerprint density at radius 3 is 2.50 bits per heavy atom. The van der Waals surface area contributed by atoms with Gasteiger partial charge in [-0.15, -0.1) is 0 Å². The van der Waals surface area contributed by atoms with Crippen LogP contribution >= 0.6 is 0 Å². The number of carbonyl (C=O) groups is 1. The molecule has 0 radical (unpaired) electrons. The molecule has 20 heavy (non-hydrogen) atoms. The molecule has 0 aliphatic carbocycles. The topological polar surface area (TPSA) is 78.4 Å². The number of aliphatic hydroxyl groups is 1. The van der Waals surface area contributed by atoms with Crippen LogP contribution in [-0.4, -0.2) is 47.2 Å². The number of rotatable bonds is 4. The maximum absolute atomic E-state index is 11.8. The number of carbonyl (C=O) groups excluding carboxylic acids is 1. The Morgan fingerprint density at radius 1 is 1.35 bits per heavy atom. The molecule has 6 nitrogen and oxygen atoms in total. The van der Waals surface area contributed by atoms with Crippen molar-refractivity contribution in [2.75, 3.05) is 31.1 Å². The van der Waals surface area contributed by atoms with Crippen molar-refractivity contribution < 1.29 is 9.90 Å². The molecule has 110 valence electrons. The van der Waals surface area contributed by atoms with Crippen LogP contribution in [0.25, 0.3) is 0 Å². The van der Waals surface area contributed by atoms with Crippen LogP contribution in [0.5, 0.6) is 0 Å². The minimum Gasteiger partial charge on any atom is -0.395 e. The Kier molecular flexibility index (Phi) is 4.89. The zero-order valence-corrected chi connectivity index (χ0v) is 12.1. The molecule has 0 aromatic carbocycles. The van der Waals surface area contributed by atoms with E-state index >= 15 is 0 Å². The Labute approximate surface area is 119 Å². The fourth-order valence-electron chi connectivity index (χ4n) is 2.51. The Morgan fingerprint density at radius 2 is 1.95 bits per heavy atom.